The van der Waals surface area contributed by atoms with Crippen LogP contribution in [0.4, 0.5) is 16.2 Å². The highest BCUT2D eigenvalue weighted by atomic mass is 32.7. The molecule has 0 saturated carbocycles. The van der Waals surface area contributed by atoms with E-state index in [4.69, 9.17) is 30.3 Å². The minimum absolute atomic E-state index is 0.105. The van der Waals surface area contributed by atoms with Crippen LogP contribution in [0.3, 0.4) is 0 Å². The molecule has 0 radical (unpaired) electrons. The number of fused-ring (bicyclic) bond motifs is 2. The molecule has 17 heteroatoms. The summed E-state index contributed by atoms with van der Waals surface area (Å²) in [5, 5.41) is 15.4. The summed E-state index contributed by atoms with van der Waals surface area (Å²) in [5.41, 5.74) is 3.52. The Hall–Kier alpha value is -3.97. The summed E-state index contributed by atoms with van der Waals surface area (Å²) in [6.45, 7) is -0.00237. The number of carbonyl (C=O) groups excluding carboxylic acids is 1. The SMILES string of the molecule is C#C[C@@]1(F)[C@H](O)[C@@H](COP(=O)(N[C@@H](C)C(=O)OC(C)C)SOc2cccc3ccccc23)O[C@H]1n1cnc2c(N(C)C)nc(N)nc21. The van der Waals surface area contributed by atoms with Crippen LogP contribution in [0.2, 0.25) is 0 Å². The molecule has 2 aromatic carbocycles. The summed E-state index contributed by atoms with van der Waals surface area (Å²) in [6.07, 6.45) is 1.42. The van der Waals surface area contributed by atoms with E-state index in [-0.39, 0.29) is 11.6 Å². The highest BCUT2D eigenvalue weighted by molar-refractivity contribution is 8.53. The highest BCUT2D eigenvalue weighted by Crippen LogP contribution is 2.58. The first-order valence-corrected chi connectivity index (χ1v) is 17.5. The van der Waals surface area contributed by atoms with Gasteiger partial charge < -0.3 is 33.9 Å². The molecule has 0 spiro atoms. The van der Waals surface area contributed by atoms with E-state index in [0.29, 0.717) is 28.7 Å². The Morgan fingerprint density at radius 1 is 1.28 bits per heavy atom. The number of nitrogen functional groups attached to an aromatic ring is 1. The molecule has 0 bridgehead atoms. The van der Waals surface area contributed by atoms with Gasteiger partial charge in [0.2, 0.25) is 11.6 Å². The highest BCUT2D eigenvalue weighted by Gasteiger charge is 2.58. The topological polar surface area (TPSA) is 176 Å². The van der Waals surface area contributed by atoms with Crippen LogP contribution >= 0.6 is 18.4 Å². The number of nitrogens with one attached hydrogen (secondary N) is 1. The normalized spacial score (nSPS) is 23.0. The zero-order valence-corrected chi connectivity index (χ0v) is 27.9. The zero-order valence-electron chi connectivity index (χ0n) is 26.2. The second-order valence-corrected chi connectivity index (χ2v) is 15.0. The van der Waals surface area contributed by atoms with Crippen molar-refractivity contribution >= 4 is 58.1 Å². The van der Waals surface area contributed by atoms with Crippen LogP contribution in [0.15, 0.2) is 48.8 Å². The fraction of sp³-hybridized carbons (Fsp3) is 0.400. The number of hydrogen-bond donors (Lipinski definition) is 3. The molecule has 6 atom stereocenters. The molecule has 1 aliphatic heterocycles. The molecule has 47 heavy (non-hydrogen) atoms. The van der Waals surface area contributed by atoms with Gasteiger partial charge in [-0.25, -0.2) is 14.5 Å². The van der Waals surface area contributed by atoms with E-state index in [1.165, 1.54) is 17.8 Å². The minimum atomic E-state index is -4.17. The smallest absolute Gasteiger partial charge is 0.365 e. The number of carbonyl (C=O) groups is 1. The Morgan fingerprint density at radius 2 is 2.00 bits per heavy atom. The van der Waals surface area contributed by atoms with Crippen molar-refractivity contribution in [3.8, 4) is 18.1 Å². The molecule has 0 aliphatic carbocycles. The number of aliphatic hydroxyl groups excluding tert-OH is 1. The first kappa shape index (κ1) is 34.4. The number of alkyl halides is 1. The van der Waals surface area contributed by atoms with Crippen LogP contribution in [0, 0.1) is 12.3 Å². The van der Waals surface area contributed by atoms with Gasteiger partial charge in [0.1, 0.15) is 24.0 Å². The van der Waals surface area contributed by atoms with Crippen molar-refractivity contribution in [2.24, 2.45) is 0 Å². The van der Waals surface area contributed by atoms with Crippen LogP contribution in [0.1, 0.15) is 27.0 Å². The van der Waals surface area contributed by atoms with Gasteiger partial charge in [0.05, 0.1) is 19.0 Å². The van der Waals surface area contributed by atoms with Gasteiger partial charge in [-0.15, -0.1) is 6.42 Å². The van der Waals surface area contributed by atoms with Crippen molar-refractivity contribution in [1.82, 2.24) is 24.6 Å². The van der Waals surface area contributed by atoms with E-state index >= 15 is 4.39 Å². The largest absolute Gasteiger partial charge is 0.462 e. The Kier molecular flexibility index (Phi) is 9.97. The molecule has 0 amide bonds. The molecular formula is C30H35FN7O7PS. The first-order chi connectivity index (χ1) is 22.3. The third-order valence-electron chi connectivity index (χ3n) is 7.20. The van der Waals surface area contributed by atoms with E-state index in [1.807, 2.05) is 36.3 Å². The maximum Gasteiger partial charge on any atom is 0.365 e. The molecule has 4 N–H and O–H groups in total. The van der Waals surface area contributed by atoms with Gasteiger partial charge in [-0.05, 0) is 32.2 Å². The molecule has 2 aromatic heterocycles. The number of imidazole rings is 1. The van der Waals surface area contributed by atoms with E-state index in [2.05, 4.69) is 20.0 Å². The first-order valence-electron chi connectivity index (χ1n) is 14.5. The number of benzene rings is 2. The molecule has 3 heterocycles. The van der Waals surface area contributed by atoms with E-state index in [0.717, 1.165) is 10.8 Å². The molecule has 1 unspecified atom stereocenters. The second-order valence-electron chi connectivity index (χ2n) is 11.3. The Labute approximate surface area is 274 Å². The summed E-state index contributed by atoms with van der Waals surface area (Å²) < 4.78 is 54.7. The number of aliphatic hydroxyl groups is 1. The number of esters is 1. The number of halogens is 1. The van der Waals surface area contributed by atoms with Crippen molar-refractivity contribution in [3.05, 3.63) is 48.8 Å². The minimum Gasteiger partial charge on any atom is -0.462 e. The number of anilines is 2. The van der Waals surface area contributed by atoms with Gasteiger partial charge in [-0.2, -0.15) is 9.97 Å². The summed E-state index contributed by atoms with van der Waals surface area (Å²) >= 11 is 0.445. The standard InChI is InChI=1S/C30H35FN7O7PS/c1-7-30(31)24(39)22(44-28(30)38-16-33-23-25(37(5)6)34-29(32)35-26(23)38)15-42-46(41,36-18(4)27(40)43-17(2)3)47-45-21-14-10-12-19-11-8-9-13-20(19)21/h1,8-14,16-18,22,24,28,39H,15H2,2-6H3,(H,36,41)(H2,32,34,35)/t18-,22+,24+,28+,30+,46?/m0/s1. The van der Waals surface area contributed by atoms with E-state index < -0.39 is 55.5 Å². The van der Waals surface area contributed by atoms with Gasteiger partial charge in [0.25, 0.3) is 0 Å². The number of terminal acetylenes is 1. The Bertz CT molecular complexity index is 1870. The van der Waals surface area contributed by atoms with Crippen molar-refractivity contribution < 1.29 is 37.0 Å². The van der Waals surface area contributed by atoms with Crippen LogP contribution in [-0.4, -0.2) is 81.3 Å². The third-order valence-corrected chi connectivity index (χ3v) is 10.3. The molecule has 5 rings (SSSR count). The summed E-state index contributed by atoms with van der Waals surface area (Å²) in [5.74, 6) is 1.96. The second kappa shape index (κ2) is 13.6. The number of nitrogens with zero attached hydrogens (tertiary/aromatic N) is 5. The molecule has 1 fully saturated rings. The monoisotopic (exact) mass is 687 g/mol. The fourth-order valence-corrected chi connectivity index (χ4v) is 7.80. The number of aromatic nitrogens is 4. The average molecular weight is 688 g/mol. The van der Waals surface area contributed by atoms with Crippen LogP contribution in [0.5, 0.6) is 5.75 Å². The number of nitrogens with two attached hydrogens (primary N) is 1. The van der Waals surface area contributed by atoms with Gasteiger partial charge in [0, 0.05) is 19.5 Å². The quantitative estimate of drug-likeness (QED) is 0.0843. The Morgan fingerprint density at radius 3 is 2.70 bits per heavy atom. The van der Waals surface area contributed by atoms with Crippen molar-refractivity contribution in [2.45, 2.75) is 57.0 Å². The lowest BCUT2D eigenvalue weighted by atomic mass is 9.97. The van der Waals surface area contributed by atoms with Crippen LogP contribution in [0.25, 0.3) is 21.9 Å². The molecular weight excluding hydrogens is 652 g/mol. The van der Waals surface area contributed by atoms with E-state index in [1.54, 1.807) is 45.0 Å². The van der Waals surface area contributed by atoms with E-state index in [9.17, 15) is 14.5 Å². The zero-order chi connectivity index (χ0) is 34.1. The molecule has 250 valence electrons. The van der Waals surface area contributed by atoms with Gasteiger partial charge >= 0.3 is 12.7 Å². The van der Waals surface area contributed by atoms with Crippen molar-refractivity contribution in [1.29, 1.82) is 0 Å². The van der Waals surface area contributed by atoms with Crippen molar-refractivity contribution in [2.75, 3.05) is 31.3 Å². The van der Waals surface area contributed by atoms with Crippen LogP contribution < -0.4 is 19.9 Å². The predicted octanol–water partition coefficient (Wildman–Crippen LogP) is 4.01. The lowest BCUT2D eigenvalue weighted by Crippen LogP contribution is -2.42. The molecule has 14 nitrogen and oxygen atoms in total. The molecule has 4 aromatic rings. The summed E-state index contributed by atoms with van der Waals surface area (Å²) in [4.78, 5) is 26.9. The summed E-state index contributed by atoms with van der Waals surface area (Å²) in [7, 11) is 3.45. The molecule has 1 aliphatic rings. The lowest BCUT2D eigenvalue weighted by molar-refractivity contribution is -0.149. The maximum absolute atomic E-state index is 16.4. The average Bonchev–Trinajstić information content (AvgIpc) is 3.56. The van der Waals surface area contributed by atoms with Gasteiger partial charge in [-0.1, -0.05) is 42.3 Å². The predicted molar refractivity (Wildman–Crippen MR) is 176 cm³/mol. The number of hydrogen-bond acceptors (Lipinski definition) is 13. The summed E-state index contributed by atoms with van der Waals surface area (Å²) in [6, 6.07) is 11.7. The fourth-order valence-electron chi connectivity index (χ4n) is 4.95. The van der Waals surface area contributed by atoms with Crippen LogP contribution in [-0.2, 0) is 23.4 Å². The number of rotatable bonds is 12. The maximum atomic E-state index is 16.4. The molecule has 1 saturated heterocycles. The van der Waals surface area contributed by atoms with Crippen molar-refractivity contribution in [3.63, 3.8) is 0 Å². The lowest BCUT2D eigenvalue weighted by Gasteiger charge is -2.24. The number of ether oxygens (including phenoxy) is 2. The Balaban J connectivity index is 1.41. The van der Waals surface area contributed by atoms with Gasteiger partial charge in [0.15, 0.2) is 34.9 Å². The van der Waals surface area contributed by atoms with Gasteiger partial charge in [-0.3, -0.25) is 13.9 Å². The third kappa shape index (κ3) is 7.01.